The molecule has 2 nitrogen and oxygen atoms in total. The van der Waals surface area contributed by atoms with Crippen molar-refractivity contribution in [3.63, 3.8) is 0 Å². The molecular formula is C12H23NOS2. The SMILES string of the molecule is CN(C)CCCOC(=S)SC1CCCCC1. The highest BCUT2D eigenvalue weighted by Gasteiger charge is 2.16. The van der Waals surface area contributed by atoms with Gasteiger partial charge < -0.3 is 9.64 Å². The van der Waals surface area contributed by atoms with E-state index in [0.717, 1.165) is 29.2 Å². The molecule has 1 aliphatic rings. The molecule has 0 unspecified atom stereocenters. The van der Waals surface area contributed by atoms with Gasteiger partial charge in [0, 0.05) is 11.8 Å². The molecule has 1 saturated carbocycles. The Bertz CT molecular complexity index is 203. The Balaban J connectivity index is 2.01. The molecule has 0 N–H and O–H groups in total. The molecule has 0 atom stereocenters. The predicted molar refractivity (Wildman–Crippen MR) is 76.2 cm³/mol. The summed E-state index contributed by atoms with van der Waals surface area (Å²) < 4.78 is 6.32. The summed E-state index contributed by atoms with van der Waals surface area (Å²) in [5, 5.41) is 0.718. The topological polar surface area (TPSA) is 12.5 Å². The van der Waals surface area contributed by atoms with Crippen LogP contribution in [0.5, 0.6) is 0 Å². The zero-order valence-electron chi connectivity index (χ0n) is 10.4. The van der Waals surface area contributed by atoms with Crippen molar-refractivity contribution in [1.82, 2.24) is 4.90 Å². The van der Waals surface area contributed by atoms with Gasteiger partial charge in [-0.3, -0.25) is 0 Å². The van der Waals surface area contributed by atoms with Gasteiger partial charge in [0.15, 0.2) is 0 Å². The van der Waals surface area contributed by atoms with E-state index in [-0.39, 0.29) is 0 Å². The molecule has 0 aromatic heterocycles. The molecule has 0 radical (unpaired) electrons. The third-order valence-electron chi connectivity index (χ3n) is 2.78. The molecule has 0 spiro atoms. The lowest BCUT2D eigenvalue weighted by Gasteiger charge is -2.21. The van der Waals surface area contributed by atoms with Gasteiger partial charge in [0.1, 0.15) is 0 Å². The summed E-state index contributed by atoms with van der Waals surface area (Å²) in [6, 6.07) is 0. The van der Waals surface area contributed by atoms with E-state index in [1.54, 1.807) is 11.8 Å². The summed E-state index contributed by atoms with van der Waals surface area (Å²) in [5.41, 5.74) is 0. The number of rotatable bonds is 5. The van der Waals surface area contributed by atoms with E-state index in [0.29, 0.717) is 0 Å². The Morgan fingerprint density at radius 1 is 1.31 bits per heavy atom. The number of ether oxygens (including phenoxy) is 1. The molecular weight excluding hydrogens is 238 g/mol. The first kappa shape index (κ1) is 14.3. The zero-order chi connectivity index (χ0) is 11.8. The monoisotopic (exact) mass is 261 g/mol. The first-order valence-corrected chi connectivity index (χ1v) is 7.45. The van der Waals surface area contributed by atoms with E-state index in [1.165, 1.54) is 32.1 Å². The van der Waals surface area contributed by atoms with Crippen molar-refractivity contribution in [3.8, 4) is 0 Å². The van der Waals surface area contributed by atoms with Crippen molar-refractivity contribution in [3.05, 3.63) is 0 Å². The minimum atomic E-state index is 0.718. The zero-order valence-corrected chi connectivity index (χ0v) is 12.0. The Kier molecular flexibility index (Phi) is 7.41. The lowest BCUT2D eigenvalue weighted by atomic mass is 10.0. The van der Waals surface area contributed by atoms with Gasteiger partial charge in [0.05, 0.1) is 6.61 Å². The molecule has 0 heterocycles. The Hall–Kier alpha value is 0.200. The lowest BCUT2D eigenvalue weighted by Crippen LogP contribution is -2.16. The van der Waals surface area contributed by atoms with E-state index < -0.39 is 0 Å². The average molecular weight is 261 g/mol. The van der Waals surface area contributed by atoms with Crippen molar-refractivity contribution >= 4 is 28.4 Å². The average Bonchev–Trinajstić information content (AvgIpc) is 2.25. The van der Waals surface area contributed by atoms with Gasteiger partial charge in [-0.2, -0.15) is 0 Å². The molecule has 1 fully saturated rings. The summed E-state index contributed by atoms with van der Waals surface area (Å²) in [6.45, 7) is 1.83. The largest absolute Gasteiger partial charge is 0.479 e. The number of thiocarbonyl (C=S) groups is 1. The van der Waals surface area contributed by atoms with Gasteiger partial charge in [0.25, 0.3) is 0 Å². The summed E-state index contributed by atoms with van der Waals surface area (Å²) in [6.07, 6.45) is 7.80. The second-order valence-corrected chi connectivity index (χ2v) is 6.54. The summed E-state index contributed by atoms with van der Waals surface area (Å²) in [5.74, 6) is 0. The van der Waals surface area contributed by atoms with Crippen LogP contribution < -0.4 is 0 Å². The smallest absolute Gasteiger partial charge is 0.220 e. The van der Waals surface area contributed by atoms with E-state index in [1.807, 2.05) is 0 Å². The van der Waals surface area contributed by atoms with Crippen LogP contribution in [0.25, 0.3) is 0 Å². The Labute approximate surface area is 109 Å². The summed E-state index contributed by atoms with van der Waals surface area (Å²) >= 11 is 7.02. The highest BCUT2D eigenvalue weighted by atomic mass is 32.2. The quantitative estimate of drug-likeness (QED) is 0.556. The molecule has 94 valence electrons. The fraction of sp³-hybridized carbons (Fsp3) is 0.917. The second kappa shape index (κ2) is 8.31. The van der Waals surface area contributed by atoms with E-state index in [4.69, 9.17) is 17.0 Å². The maximum absolute atomic E-state index is 5.56. The van der Waals surface area contributed by atoms with Crippen molar-refractivity contribution in [2.45, 2.75) is 43.8 Å². The molecule has 16 heavy (non-hydrogen) atoms. The minimum absolute atomic E-state index is 0.718. The third-order valence-corrected chi connectivity index (χ3v) is 4.31. The van der Waals surface area contributed by atoms with Crippen LogP contribution in [-0.2, 0) is 4.74 Å². The van der Waals surface area contributed by atoms with Crippen LogP contribution in [0, 0.1) is 0 Å². The fourth-order valence-electron chi connectivity index (χ4n) is 1.89. The Morgan fingerprint density at radius 3 is 2.62 bits per heavy atom. The van der Waals surface area contributed by atoms with Gasteiger partial charge in [-0.25, -0.2) is 0 Å². The normalized spacial score (nSPS) is 17.7. The number of hydrogen-bond acceptors (Lipinski definition) is 4. The summed E-state index contributed by atoms with van der Waals surface area (Å²) in [7, 11) is 4.16. The Morgan fingerprint density at radius 2 is 2.00 bits per heavy atom. The van der Waals surface area contributed by atoms with Gasteiger partial charge in [-0.1, -0.05) is 31.0 Å². The second-order valence-electron chi connectivity index (χ2n) is 4.63. The maximum Gasteiger partial charge on any atom is 0.220 e. The van der Waals surface area contributed by atoms with Crippen LogP contribution in [0.15, 0.2) is 0 Å². The van der Waals surface area contributed by atoms with Gasteiger partial charge in [-0.15, -0.1) is 0 Å². The first-order chi connectivity index (χ1) is 7.68. The molecule has 4 heteroatoms. The van der Waals surface area contributed by atoms with E-state index in [9.17, 15) is 0 Å². The number of thioether (sulfide) groups is 1. The van der Waals surface area contributed by atoms with Gasteiger partial charge in [-0.05, 0) is 45.6 Å². The molecule has 0 aromatic rings. The van der Waals surface area contributed by atoms with Crippen LogP contribution in [-0.4, -0.2) is 41.8 Å². The lowest BCUT2D eigenvalue weighted by molar-refractivity contribution is 0.283. The molecule has 0 aliphatic heterocycles. The van der Waals surface area contributed by atoms with E-state index in [2.05, 4.69) is 19.0 Å². The van der Waals surface area contributed by atoms with Crippen molar-refractivity contribution in [1.29, 1.82) is 0 Å². The first-order valence-electron chi connectivity index (χ1n) is 6.16. The highest BCUT2D eigenvalue weighted by Crippen LogP contribution is 2.29. The van der Waals surface area contributed by atoms with Crippen LogP contribution in [0.3, 0.4) is 0 Å². The molecule has 0 saturated heterocycles. The van der Waals surface area contributed by atoms with Crippen LogP contribution in [0.1, 0.15) is 38.5 Å². The summed E-state index contributed by atoms with van der Waals surface area (Å²) in [4.78, 5) is 2.17. The van der Waals surface area contributed by atoms with Gasteiger partial charge in [0.2, 0.25) is 4.38 Å². The van der Waals surface area contributed by atoms with Crippen molar-refractivity contribution in [2.24, 2.45) is 0 Å². The van der Waals surface area contributed by atoms with Crippen LogP contribution >= 0.6 is 24.0 Å². The molecule has 0 bridgehead atoms. The fourth-order valence-corrected chi connectivity index (χ4v) is 3.37. The molecule has 0 aromatic carbocycles. The molecule has 1 rings (SSSR count). The minimum Gasteiger partial charge on any atom is -0.479 e. The predicted octanol–water partition coefficient (Wildman–Crippen LogP) is 3.31. The third kappa shape index (κ3) is 6.71. The standard InChI is InChI=1S/C12H23NOS2/c1-13(2)9-6-10-14-12(15)16-11-7-4-3-5-8-11/h11H,3-10H2,1-2H3. The maximum atomic E-state index is 5.56. The number of nitrogens with zero attached hydrogens (tertiary/aromatic N) is 1. The highest BCUT2D eigenvalue weighted by molar-refractivity contribution is 8.23. The van der Waals surface area contributed by atoms with E-state index >= 15 is 0 Å². The van der Waals surface area contributed by atoms with Crippen molar-refractivity contribution in [2.75, 3.05) is 27.2 Å². The van der Waals surface area contributed by atoms with Crippen LogP contribution in [0.2, 0.25) is 0 Å². The molecule has 0 amide bonds. The number of hydrogen-bond donors (Lipinski definition) is 0. The molecule has 1 aliphatic carbocycles. The van der Waals surface area contributed by atoms with Gasteiger partial charge >= 0.3 is 0 Å². The van der Waals surface area contributed by atoms with Crippen molar-refractivity contribution < 1.29 is 4.74 Å². The van der Waals surface area contributed by atoms with Crippen LogP contribution in [0.4, 0.5) is 0 Å².